The summed E-state index contributed by atoms with van der Waals surface area (Å²) in [5, 5.41) is 4.21. The zero-order chi connectivity index (χ0) is 17.6. The molecule has 5 nitrogen and oxygen atoms in total. The van der Waals surface area contributed by atoms with E-state index in [2.05, 4.69) is 12.2 Å². The molecule has 2 amide bonds. The molecule has 0 saturated heterocycles. The number of carbonyl (C=O) groups excluding carboxylic acids is 2. The Kier molecular flexibility index (Phi) is 3.84. The molecule has 1 aromatic carbocycles. The number of amides is 2. The molecule has 3 N–H and O–H groups in total. The van der Waals surface area contributed by atoms with Crippen LogP contribution in [-0.4, -0.2) is 11.8 Å². The van der Waals surface area contributed by atoms with E-state index in [0.29, 0.717) is 22.1 Å². The van der Waals surface area contributed by atoms with Crippen LogP contribution in [0.25, 0.3) is 11.0 Å². The standard InChI is InChI=1S/C19H18N2O3S/c1-10-6-7-12-15(8-10)25-19(16(12)17(20)22)21-18(23)14-9-11-4-2-3-5-13(11)24-14/h2-5,9-10H,6-8H2,1H3,(H2,20,22)(H,21,23)/t10-/m1/s1. The van der Waals surface area contributed by atoms with E-state index < -0.39 is 5.91 Å². The van der Waals surface area contributed by atoms with Gasteiger partial charge in [0.15, 0.2) is 5.76 Å². The Balaban J connectivity index is 1.68. The van der Waals surface area contributed by atoms with Gasteiger partial charge in [0, 0.05) is 10.3 Å². The first-order valence-electron chi connectivity index (χ1n) is 8.27. The van der Waals surface area contributed by atoms with E-state index in [1.807, 2.05) is 24.3 Å². The number of para-hydroxylation sites is 1. The van der Waals surface area contributed by atoms with Crippen LogP contribution in [0.15, 0.2) is 34.7 Å². The summed E-state index contributed by atoms with van der Waals surface area (Å²) in [6, 6.07) is 9.14. The first-order chi connectivity index (χ1) is 12.0. The Morgan fingerprint density at radius 3 is 2.88 bits per heavy atom. The van der Waals surface area contributed by atoms with Gasteiger partial charge in [0.1, 0.15) is 10.6 Å². The van der Waals surface area contributed by atoms with Gasteiger partial charge in [0.05, 0.1) is 5.56 Å². The number of carbonyl (C=O) groups is 2. The lowest BCUT2D eigenvalue weighted by atomic mass is 9.88. The van der Waals surface area contributed by atoms with Crippen LogP contribution in [0, 0.1) is 5.92 Å². The lowest BCUT2D eigenvalue weighted by molar-refractivity contribution is 0.0999. The highest BCUT2D eigenvalue weighted by Gasteiger charge is 2.27. The van der Waals surface area contributed by atoms with Crippen LogP contribution in [0.2, 0.25) is 0 Å². The third-order valence-electron chi connectivity index (χ3n) is 4.63. The number of benzene rings is 1. The molecular formula is C19H18N2O3S. The van der Waals surface area contributed by atoms with Gasteiger partial charge in [-0.05, 0) is 42.9 Å². The van der Waals surface area contributed by atoms with Crippen molar-refractivity contribution in [2.75, 3.05) is 5.32 Å². The van der Waals surface area contributed by atoms with Crippen LogP contribution in [0.3, 0.4) is 0 Å². The molecule has 128 valence electrons. The summed E-state index contributed by atoms with van der Waals surface area (Å²) in [5.74, 6) is -0.0699. The number of nitrogens with two attached hydrogens (primary N) is 1. The zero-order valence-corrected chi connectivity index (χ0v) is 14.6. The SMILES string of the molecule is C[C@@H]1CCc2c(sc(NC(=O)c3cc4ccccc4o3)c2C(N)=O)C1. The molecule has 0 spiro atoms. The van der Waals surface area contributed by atoms with E-state index in [9.17, 15) is 9.59 Å². The van der Waals surface area contributed by atoms with Crippen molar-refractivity contribution in [1.82, 2.24) is 0 Å². The van der Waals surface area contributed by atoms with Crippen molar-refractivity contribution in [3.63, 3.8) is 0 Å². The zero-order valence-electron chi connectivity index (χ0n) is 13.8. The number of anilines is 1. The number of fused-ring (bicyclic) bond motifs is 2. The summed E-state index contributed by atoms with van der Waals surface area (Å²) in [7, 11) is 0. The number of rotatable bonds is 3. The maximum atomic E-state index is 12.6. The normalized spacial score (nSPS) is 16.6. The van der Waals surface area contributed by atoms with Crippen LogP contribution in [-0.2, 0) is 12.8 Å². The van der Waals surface area contributed by atoms with Gasteiger partial charge in [-0.1, -0.05) is 25.1 Å². The molecule has 0 saturated carbocycles. The summed E-state index contributed by atoms with van der Waals surface area (Å²) < 4.78 is 5.60. The minimum Gasteiger partial charge on any atom is -0.451 e. The van der Waals surface area contributed by atoms with E-state index in [-0.39, 0.29) is 11.7 Å². The van der Waals surface area contributed by atoms with E-state index in [1.54, 1.807) is 6.07 Å². The summed E-state index contributed by atoms with van der Waals surface area (Å²) in [6.45, 7) is 2.19. The predicted molar refractivity (Wildman–Crippen MR) is 98.2 cm³/mol. The Labute approximate surface area is 148 Å². The monoisotopic (exact) mass is 354 g/mol. The summed E-state index contributed by atoms with van der Waals surface area (Å²) in [4.78, 5) is 25.7. The number of furan rings is 1. The molecule has 0 aliphatic heterocycles. The van der Waals surface area contributed by atoms with E-state index in [1.165, 1.54) is 11.3 Å². The number of thiophene rings is 1. The number of hydrogen-bond acceptors (Lipinski definition) is 4. The molecule has 0 radical (unpaired) electrons. The minimum absolute atomic E-state index is 0.219. The fourth-order valence-corrected chi connectivity index (χ4v) is 4.77. The second-order valence-corrected chi connectivity index (χ2v) is 7.63. The lowest BCUT2D eigenvalue weighted by Crippen LogP contribution is -2.19. The van der Waals surface area contributed by atoms with Gasteiger partial charge in [-0.15, -0.1) is 11.3 Å². The van der Waals surface area contributed by atoms with Gasteiger partial charge < -0.3 is 15.5 Å². The second kappa shape index (κ2) is 6.04. The van der Waals surface area contributed by atoms with Gasteiger partial charge in [0.2, 0.25) is 0 Å². The Bertz CT molecular complexity index is 953. The molecule has 1 atom stereocenters. The summed E-state index contributed by atoms with van der Waals surface area (Å²) >= 11 is 1.45. The molecule has 3 aromatic rings. The van der Waals surface area contributed by atoms with Gasteiger partial charge in [0.25, 0.3) is 11.8 Å². The highest BCUT2D eigenvalue weighted by molar-refractivity contribution is 7.17. The highest BCUT2D eigenvalue weighted by Crippen LogP contribution is 2.39. The minimum atomic E-state index is -0.494. The Hall–Kier alpha value is -2.60. The average Bonchev–Trinajstić information content (AvgIpc) is 3.15. The van der Waals surface area contributed by atoms with Gasteiger partial charge in [-0.3, -0.25) is 9.59 Å². The topological polar surface area (TPSA) is 85.3 Å². The molecule has 1 aliphatic rings. The Morgan fingerprint density at radius 1 is 1.32 bits per heavy atom. The van der Waals surface area contributed by atoms with Crippen molar-refractivity contribution >= 4 is 39.1 Å². The molecule has 0 bridgehead atoms. The van der Waals surface area contributed by atoms with Crippen LogP contribution in [0.1, 0.15) is 44.7 Å². The van der Waals surface area contributed by atoms with Crippen molar-refractivity contribution in [2.24, 2.45) is 11.7 Å². The van der Waals surface area contributed by atoms with Crippen molar-refractivity contribution in [2.45, 2.75) is 26.2 Å². The molecule has 0 unspecified atom stereocenters. The molecule has 0 fully saturated rings. The third kappa shape index (κ3) is 2.82. The van der Waals surface area contributed by atoms with Gasteiger partial charge >= 0.3 is 0 Å². The molecular weight excluding hydrogens is 336 g/mol. The van der Waals surface area contributed by atoms with Crippen LogP contribution in [0.5, 0.6) is 0 Å². The van der Waals surface area contributed by atoms with E-state index in [0.717, 1.165) is 35.1 Å². The number of nitrogens with one attached hydrogen (secondary N) is 1. The molecule has 2 heterocycles. The molecule has 2 aromatic heterocycles. The van der Waals surface area contributed by atoms with Crippen LogP contribution < -0.4 is 11.1 Å². The fourth-order valence-electron chi connectivity index (χ4n) is 3.36. The van der Waals surface area contributed by atoms with Crippen LogP contribution >= 0.6 is 11.3 Å². The predicted octanol–water partition coefficient (Wildman–Crippen LogP) is 3.97. The molecule has 4 rings (SSSR count). The van der Waals surface area contributed by atoms with Crippen LogP contribution in [0.4, 0.5) is 5.00 Å². The van der Waals surface area contributed by atoms with Gasteiger partial charge in [-0.25, -0.2) is 0 Å². The lowest BCUT2D eigenvalue weighted by Gasteiger charge is -2.18. The highest BCUT2D eigenvalue weighted by atomic mass is 32.1. The molecule has 6 heteroatoms. The third-order valence-corrected chi connectivity index (χ3v) is 5.80. The van der Waals surface area contributed by atoms with Gasteiger partial charge in [-0.2, -0.15) is 0 Å². The number of hydrogen-bond donors (Lipinski definition) is 2. The summed E-state index contributed by atoms with van der Waals surface area (Å²) in [5.41, 5.74) is 7.69. The van der Waals surface area contributed by atoms with Crippen molar-refractivity contribution in [3.05, 3.63) is 52.1 Å². The first kappa shape index (κ1) is 15.9. The molecule has 25 heavy (non-hydrogen) atoms. The second-order valence-electron chi connectivity index (χ2n) is 6.52. The fraction of sp³-hybridized carbons (Fsp3) is 0.263. The largest absolute Gasteiger partial charge is 0.451 e. The Morgan fingerprint density at radius 2 is 2.12 bits per heavy atom. The van der Waals surface area contributed by atoms with E-state index >= 15 is 0 Å². The van der Waals surface area contributed by atoms with Crippen molar-refractivity contribution < 1.29 is 14.0 Å². The average molecular weight is 354 g/mol. The maximum absolute atomic E-state index is 12.6. The first-order valence-corrected chi connectivity index (χ1v) is 9.09. The molecule has 1 aliphatic carbocycles. The smallest absolute Gasteiger partial charge is 0.292 e. The quantitative estimate of drug-likeness (QED) is 0.746. The van der Waals surface area contributed by atoms with E-state index in [4.69, 9.17) is 10.2 Å². The van der Waals surface area contributed by atoms with Crippen molar-refractivity contribution in [3.8, 4) is 0 Å². The van der Waals surface area contributed by atoms with Crippen molar-refractivity contribution in [1.29, 1.82) is 0 Å². The number of primary amides is 1. The maximum Gasteiger partial charge on any atom is 0.292 e. The summed E-state index contributed by atoms with van der Waals surface area (Å²) in [6.07, 6.45) is 2.77.